The van der Waals surface area contributed by atoms with Gasteiger partial charge in [0.2, 0.25) is 5.91 Å². The molecule has 0 aliphatic carbocycles. The van der Waals surface area contributed by atoms with E-state index in [-0.39, 0.29) is 19.1 Å². The minimum absolute atomic E-state index is 0.0769. The highest BCUT2D eigenvalue weighted by Crippen LogP contribution is 2.43. The number of quaternary nitrogens is 1. The molecular formula is C29H62N2O6P+. The number of hydrogen-bond acceptors (Lipinski definition) is 5. The van der Waals surface area contributed by atoms with Gasteiger partial charge in [-0.3, -0.25) is 13.8 Å². The fraction of sp³-hybridized carbons (Fsp3) is 0.966. The number of carbonyl (C=O) groups is 1. The molecule has 0 radical (unpaired) electrons. The summed E-state index contributed by atoms with van der Waals surface area (Å²) in [4.78, 5) is 22.7. The molecule has 3 unspecified atom stereocenters. The summed E-state index contributed by atoms with van der Waals surface area (Å²) in [6.45, 7) is 4.78. The third-order valence-corrected chi connectivity index (χ3v) is 7.84. The predicted octanol–water partition coefficient (Wildman–Crippen LogP) is 6.73. The number of phosphoric ester groups is 1. The molecule has 228 valence electrons. The fourth-order valence-corrected chi connectivity index (χ4v) is 5.01. The van der Waals surface area contributed by atoms with Crippen LogP contribution in [0.3, 0.4) is 0 Å². The molecule has 0 aromatic rings. The number of phosphoric acid groups is 1. The maximum absolute atomic E-state index is 12.6. The van der Waals surface area contributed by atoms with E-state index in [1.54, 1.807) is 0 Å². The third kappa shape index (κ3) is 24.5. The van der Waals surface area contributed by atoms with Crippen molar-refractivity contribution in [2.75, 3.05) is 40.9 Å². The Labute approximate surface area is 234 Å². The van der Waals surface area contributed by atoms with Gasteiger partial charge in [-0.05, 0) is 12.8 Å². The van der Waals surface area contributed by atoms with E-state index >= 15 is 0 Å². The Morgan fingerprint density at radius 1 is 0.789 bits per heavy atom. The van der Waals surface area contributed by atoms with E-state index in [1.165, 1.54) is 64.2 Å². The number of nitrogens with zero attached hydrogens (tertiary/aromatic N) is 1. The summed E-state index contributed by atoms with van der Waals surface area (Å²) in [6.07, 6.45) is 18.5. The second kappa shape index (κ2) is 23.2. The van der Waals surface area contributed by atoms with Crippen LogP contribution >= 0.6 is 7.82 Å². The van der Waals surface area contributed by atoms with Crippen molar-refractivity contribution in [3.8, 4) is 0 Å². The molecule has 0 heterocycles. The molecule has 0 aromatic carbocycles. The Morgan fingerprint density at radius 2 is 1.26 bits per heavy atom. The van der Waals surface area contributed by atoms with Crippen molar-refractivity contribution in [1.29, 1.82) is 0 Å². The molecule has 9 heteroatoms. The van der Waals surface area contributed by atoms with Gasteiger partial charge in [-0.25, -0.2) is 4.57 Å². The SMILES string of the molecule is CCCCCCCCCCCC(O)C(COP(=O)(O)OCC[N+](C)(C)C)NC(=O)CCCCCCCCC. The summed E-state index contributed by atoms with van der Waals surface area (Å²) in [6, 6.07) is -0.747. The van der Waals surface area contributed by atoms with Gasteiger partial charge < -0.3 is 19.8 Å². The number of amides is 1. The van der Waals surface area contributed by atoms with Crippen molar-refractivity contribution in [2.45, 2.75) is 142 Å². The highest BCUT2D eigenvalue weighted by Gasteiger charge is 2.28. The molecule has 0 fully saturated rings. The lowest BCUT2D eigenvalue weighted by molar-refractivity contribution is -0.870. The maximum atomic E-state index is 12.6. The van der Waals surface area contributed by atoms with E-state index in [0.717, 1.165) is 38.5 Å². The normalized spacial score (nSPS) is 15.2. The number of rotatable bonds is 27. The van der Waals surface area contributed by atoms with Gasteiger partial charge in [0, 0.05) is 6.42 Å². The first kappa shape index (κ1) is 37.5. The molecule has 3 N–H and O–H groups in total. The van der Waals surface area contributed by atoms with E-state index in [0.29, 0.717) is 23.9 Å². The lowest BCUT2D eigenvalue weighted by atomic mass is 10.0. The second-order valence-electron chi connectivity index (χ2n) is 11.8. The highest BCUT2D eigenvalue weighted by molar-refractivity contribution is 7.47. The van der Waals surface area contributed by atoms with Crippen LogP contribution in [0.5, 0.6) is 0 Å². The van der Waals surface area contributed by atoms with Crippen LogP contribution in [0.4, 0.5) is 0 Å². The molecular weight excluding hydrogens is 503 g/mol. The third-order valence-electron chi connectivity index (χ3n) is 6.86. The average molecular weight is 566 g/mol. The van der Waals surface area contributed by atoms with Crippen molar-refractivity contribution in [2.24, 2.45) is 0 Å². The van der Waals surface area contributed by atoms with Gasteiger partial charge in [-0.2, -0.15) is 0 Å². The number of nitrogens with one attached hydrogen (secondary N) is 1. The van der Waals surface area contributed by atoms with Crippen molar-refractivity contribution in [1.82, 2.24) is 5.32 Å². The smallest absolute Gasteiger partial charge is 0.391 e. The Kier molecular flexibility index (Phi) is 22.9. The number of unbranched alkanes of at least 4 members (excludes halogenated alkanes) is 14. The zero-order valence-corrected chi connectivity index (χ0v) is 26.3. The van der Waals surface area contributed by atoms with E-state index in [9.17, 15) is 19.4 Å². The van der Waals surface area contributed by atoms with Gasteiger partial charge in [-0.1, -0.05) is 110 Å². The Hall–Kier alpha value is -0.500. The van der Waals surface area contributed by atoms with Crippen LogP contribution in [-0.2, 0) is 18.4 Å². The molecule has 0 saturated heterocycles. The summed E-state index contributed by atoms with van der Waals surface area (Å²) in [5.74, 6) is -0.156. The van der Waals surface area contributed by atoms with Gasteiger partial charge in [-0.15, -0.1) is 0 Å². The number of hydrogen-bond donors (Lipinski definition) is 3. The molecule has 0 saturated carbocycles. The summed E-state index contributed by atoms with van der Waals surface area (Å²) < 4.78 is 23.3. The van der Waals surface area contributed by atoms with Gasteiger partial charge >= 0.3 is 7.82 Å². The maximum Gasteiger partial charge on any atom is 0.472 e. The first-order valence-electron chi connectivity index (χ1n) is 15.4. The molecule has 0 aliphatic rings. The Balaban J connectivity index is 4.60. The van der Waals surface area contributed by atoms with E-state index in [4.69, 9.17) is 9.05 Å². The molecule has 0 rings (SSSR count). The minimum atomic E-state index is -4.28. The number of aliphatic hydroxyl groups is 1. The Morgan fingerprint density at radius 3 is 1.76 bits per heavy atom. The summed E-state index contributed by atoms with van der Waals surface area (Å²) in [7, 11) is 1.61. The quantitative estimate of drug-likeness (QED) is 0.0579. The van der Waals surface area contributed by atoms with Crippen LogP contribution in [0.25, 0.3) is 0 Å². The van der Waals surface area contributed by atoms with Crippen LogP contribution in [0, 0.1) is 0 Å². The van der Waals surface area contributed by atoms with Crippen LogP contribution < -0.4 is 5.32 Å². The first-order chi connectivity index (χ1) is 18.0. The van der Waals surface area contributed by atoms with Crippen LogP contribution in [0.15, 0.2) is 0 Å². The van der Waals surface area contributed by atoms with Crippen LogP contribution in [-0.4, -0.2) is 73.4 Å². The lowest BCUT2D eigenvalue weighted by Crippen LogP contribution is -2.46. The van der Waals surface area contributed by atoms with Crippen molar-refractivity contribution in [3.63, 3.8) is 0 Å². The lowest BCUT2D eigenvalue weighted by Gasteiger charge is -2.26. The number of aliphatic hydroxyl groups excluding tert-OH is 1. The van der Waals surface area contributed by atoms with Gasteiger partial charge in [0.15, 0.2) is 0 Å². The molecule has 0 bridgehead atoms. The summed E-state index contributed by atoms with van der Waals surface area (Å²) in [5, 5.41) is 13.7. The van der Waals surface area contributed by atoms with Crippen molar-refractivity contribution in [3.05, 3.63) is 0 Å². The molecule has 38 heavy (non-hydrogen) atoms. The first-order valence-corrected chi connectivity index (χ1v) is 16.9. The average Bonchev–Trinajstić information content (AvgIpc) is 2.84. The minimum Gasteiger partial charge on any atom is -0.391 e. The standard InChI is InChI=1S/C29H61N2O6P/c1-6-8-10-12-14-15-17-18-20-22-28(32)27(26-37-38(34,35)36-25-24-31(3,4)5)30-29(33)23-21-19-16-13-11-9-7-2/h27-28,32H,6-26H2,1-5H3,(H-,30,33,34,35)/p+1. The largest absolute Gasteiger partial charge is 0.472 e. The Bertz CT molecular complexity index is 614. The zero-order chi connectivity index (χ0) is 28.7. The monoisotopic (exact) mass is 565 g/mol. The van der Waals surface area contributed by atoms with Crippen LogP contribution in [0.1, 0.15) is 129 Å². The summed E-state index contributed by atoms with van der Waals surface area (Å²) >= 11 is 0. The molecule has 1 amide bonds. The molecule has 0 aromatic heterocycles. The van der Waals surface area contributed by atoms with E-state index < -0.39 is 20.0 Å². The fourth-order valence-electron chi connectivity index (χ4n) is 4.28. The van der Waals surface area contributed by atoms with E-state index in [2.05, 4.69) is 19.2 Å². The topological polar surface area (TPSA) is 105 Å². The molecule has 0 aliphatic heterocycles. The van der Waals surface area contributed by atoms with Crippen LogP contribution in [0.2, 0.25) is 0 Å². The predicted molar refractivity (Wildman–Crippen MR) is 157 cm³/mol. The molecule has 8 nitrogen and oxygen atoms in total. The summed E-state index contributed by atoms with van der Waals surface area (Å²) in [5.41, 5.74) is 0. The number of likely N-dealkylation sites (N-methyl/N-ethyl adjacent to an activating group) is 1. The van der Waals surface area contributed by atoms with Crippen molar-refractivity contribution < 1.29 is 32.9 Å². The van der Waals surface area contributed by atoms with E-state index in [1.807, 2.05) is 21.1 Å². The molecule has 3 atom stereocenters. The van der Waals surface area contributed by atoms with Gasteiger partial charge in [0.05, 0.1) is 39.9 Å². The molecule has 0 spiro atoms. The van der Waals surface area contributed by atoms with Crippen molar-refractivity contribution >= 4 is 13.7 Å². The zero-order valence-electron chi connectivity index (χ0n) is 25.4. The highest BCUT2D eigenvalue weighted by atomic mass is 31.2. The van der Waals surface area contributed by atoms with Gasteiger partial charge in [0.1, 0.15) is 13.2 Å². The van der Waals surface area contributed by atoms with Gasteiger partial charge in [0.25, 0.3) is 0 Å². The number of carbonyl (C=O) groups excluding carboxylic acids is 1. The second-order valence-corrected chi connectivity index (χ2v) is 13.3.